The summed E-state index contributed by atoms with van der Waals surface area (Å²) in [6.07, 6.45) is 2.48. The average Bonchev–Trinajstić information content (AvgIpc) is 2.78. The van der Waals surface area contributed by atoms with Crippen molar-refractivity contribution in [1.82, 2.24) is 10.6 Å². The molecule has 2 amide bonds. The van der Waals surface area contributed by atoms with E-state index < -0.39 is 12.0 Å². The molecule has 0 aliphatic carbocycles. The molecule has 31 heavy (non-hydrogen) atoms. The maximum absolute atomic E-state index is 12.8. The number of nitrogens with one attached hydrogen (secondary N) is 2. The van der Waals surface area contributed by atoms with Crippen molar-refractivity contribution >= 4 is 17.7 Å². The Morgan fingerprint density at radius 3 is 2.42 bits per heavy atom. The average molecular weight is 422 g/mol. The first-order valence-corrected chi connectivity index (χ1v) is 10.9. The van der Waals surface area contributed by atoms with E-state index in [4.69, 9.17) is 4.74 Å². The lowest BCUT2D eigenvalue weighted by molar-refractivity contribution is -0.139. The number of carbonyl (C=O) groups excluding carboxylic acids is 2. The molecule has 0 saturated carbocycles. The third-order valence-electron chi connectivity index (χ3n) is 5.36. The Morgan fingerprint density at radius 2 is 1.77 bits per heavy atom. The zero-order valence-electron chi connectivity index (χ0n) is 18.5. The number of carbonyl (C=O) groups is 2. The zero-order valence-corrected chi connectivity index (χ0v) is 18.5. The first-order valence-electron chi connectivity index (χ1n) is 10.9. The number of allylic oxidation sites excluding steroid dienone is 1. The van der Waals surface area contributed by atoms with E-state index >= 15 is 0 Å². The van der Waals surface area contributed by atoms with Crippen LogP contribution in [0.2, 0.25) is 0 Å². The first kappa shape index (κ1) is 22.4. The van der Waals surface area contributed by atoms with Crippen LogP contribution in [0.25, 0.3) is 0 Å². The highest BCUT2D eigenvalue weighted by molar-refractivity contribution is 5.95. The number of esters is 1. The van der Waals surface area contributed by atoms with Crippen molar-refractivity contribution in [1.29, 1.82) is 0 Å². The van der Waals surface area contributed by atoms with Crippen molar-refractivity contribution in [2.24, 2.45) is 0 Å². The Morgan fingerprint density at radius 1 is 1.06 bits per heavy atom. The number of urea groups is 1. The SMILES string of the molecule is CCCCC1=C(C(=O)OCC)C(c2ccc(N(C)Cc3ccccc3)cc2)NC(=O)N1. The molecule has 1 unspecified atom stereocenters. The normalized spacial score (nSPS) is 15.8. The quantitative estimate of drug-likeness (QED) is 0.577. The van der Waals surface area contributed by atoms with Crippen LogP contribution in [-0.2, 0) is 16.1 Å². The van der Waals surface area contributed by atoms with Gasteiger partial charge in [0.2, 0.25) is 0 Å². The van der Waals surface area contributed by atoms with Crippen LogP contribution in [0.5, 0.6) is 0 Å². The van der Waals surface area contributed by atoms with Gasteiger partial charge in [-0.05, 0) is 43.0 Å². The summed E-state index contributed by atoms with van der Waals surface area (Å²) in [5, 5.41) is 5.71. The molecule has 0 radical (unpaired) electrons. The third-order valence-corrected chi connectivity index (χ3v) is 5.36. The number of rotatable bonds is 9. The second kappa shape index (κ2) is 10.7. The van der Waals surface area contributed by atoms with Gasteiger partial charge in [0.1, 0.15) is 0 Å². The van der Waals surface area contributed by atoms with Gasteiger partial charge in [-0.3, -0.25) is 0 Å². The van der Waals surface area contributed by atoms with Gasteiger partial charge in [0.15, 0.2) is 0 Å². The second-order valence-electron chi connectivity index (χ2n) is 7.68. The van der Waals surface area contributed by atoms with E-state index in [0.717, 1.165) is 30.6 Å². The molecule has 1 aliphatic rings. The van der Waals surface area contributed by atoms with Gasteiger partial charge < -0.3 is 20.3 Å². The second-order valence-corrected chi connectivity index (χ2v) is 7.68. The molecule has 0 bridgehead atoms. The Bertz CT molecular complexity index is 923. The minimum Gasteiger partial charge on any atom is -0.463 e. The lowest BCUT2D eigenvalue weighted by atomic mass is 9.93. The maximum atomic E-state index is 12.8. The minimum atomic E-state index is -0.534. The number of anilines is 1. The largest absolute Gasteiger partial charge is 0.463 e. The van der Waals surface area contributed by atoms with Crippen molar-refractivity contribution in [2.45, 2.75) is 45.7 Å². The van der Waals surface area contributed by atoms with Crippen LogP contribution in [0, 0.1) is 0 Å². The maximum Gasteiger partial charge on any atom is 0.338 e. The summed E-state index contributed by atoms with van der Waals surface area (Å²) in [7, 11) is 2.04. The van der Waals surface area contributed by atoms with E-state index in [0.29, 0.717) is 17.7 Å². The molecule has 2 N–H and O–H groups in total. The van der Waals surface area contributed by atoms with Crippen LogP contribution in [0.15, 0.2) is 65.9 Å². The summed E-state index contributed by atoms with van der Waals surface area (Å²) in [6.45, 7) is 4.94. The molecule has 1 aliphatic heterocycles. The summed E-state index contributed by atoms with van der Waals surface area (Å²) in [5.41, 5.74) is 4.27. The lowest BCUT2D eigenvalue weighted by Crippen LogP contribution is -2.46. The highest BCUT2D eigenvalue weighted by Gasteiger charge is 2.33. The van der Waals surface area contributed by atoms with E-state index in [1.165, 1.54) is 5.56 Å². The van der Waals surface area contributed by atoms with E-state index in [9.17, 15) is 9.59 Å². The Hall–Kier alpha value is -3.28. The van der Waals surface area contributed by atoms with Gasteiger partial charge in [-0.15, -0.1) is 0 Å². The van der Waals surface area contributed by atoms with Crippen molar-refractivity contribution < 1.29 is 14.3 Å². The van der Waals surface area contributed by atoms with Crippen molar-refractivity contribution in [3.63, 3.8) is 0 Å². The van der Waals surface area contributed by atoms with E-state index in [1.54, 1.807) is 6.92 Å². The summed E-state index contributed by atoms with van der Waals surface area (Å²) >= 11 is 0. The molecular weight excluding hydrogens is 390 g/mol. The van der Waals surface area contributed by atoms with Gasteiger partial charge >= 0.3 is 12.0 Å². The summed E-state index contributed by atoms with van der Waals surface area (Å²) in [6, 6.07) is 17.4. The van der Waals surface area contributed by atoms with Crippen molar-refractivity contribution in [3.05, 3.63) is 77.0 Å². The van der Waals surface area contributed by atoms with E-state index in [1.807, 2.05) is 49.5 Å². The molecule has 6 nitrogen and oxygen atoms in total. The van der Waals surface area contributed by atoms with Crippen LogP contribution in [-0.4, -0.2) is 25.7 Å². The first-order chi connectivity index (χ1) is 15.0. The topological polar surface area (TPSA) is 70.7 Å². The zero-order chi connectivity index (χ0) is 22.2. The fourth-order valence-corrected chi connectivity index (χ4v) is 3.74. The molecule has 0 saturated heterocycles. The number of unbranched alkanes of at least 4 members (excludes halogenated alkanes) is 1. The number of hydrogen-bond donors (Lipinski definition) is 2. The van der Waals surface area contributed by atoms with Crippen LogP contribution in [0.4, 0.5) is 10.5 Å². The summed E-state index contributed by atoms with van der Waals surface area (Å²) in [5.74, 6) is -0.392. The number of benzene rings is 2. The molecule has 164 valence electrons. The molecule has 6 heteroatoms. The van der Waals surface area contributed by atoms with Gasteiger partial charge in [0.05, 0.1) is 18.2 Å². The van der Waals surface area contributed by atoms with Gasteiger partial charge in [-0.2, -0.15) is 0 Å². The molecular formula is C25H31N3O3. The predicted molar refractivity (Wildman–Crippen MR) is 123 cm³/mol. The Balaban J connectivity index is 1.86. The highest BCUT2D eigenvalue weighted by Crippen LogP contribution is 2.31. The van der Waals surface area contributed by atoms with Gasteiger partial charge in [-0.25, -0.2) is 9.59 Å². The standard InChI is InChI=1S/C25H31N3O3/c1-4-6-12-21-22(24(29)31-5-2)23(27-25(30)26-21)19-13-15-20(16-14-19)28(3)17-18-10-8-7-9-11-18/h7-11,13-16,23H,4-6,12,17H2,1-3H3,(H2,26,27,30). The van der Waals surface area contributed by atoms with Gasteiger partial charge in [0.25, 0.3) is 0 Å². The molecule has 1 heterocycles. The number of hydrogen-bond acceptors (Lipinski definition) is 4. The molecule has 0 spiro atoms. The van der Waals surface area contributed by atoms with Gasteiger partial charge in [-0.1, -0.05) is 55.8 Å². The molecule has 0 aromatic heterocycles. The molecule has 2 aromatic rings. The van der Waals surface area contributed by atoms with Crippen molar-refractivity contribution in [3.8, 4) is 0 Å². The monoisotopic (exact) mass is 421 g/mol. The minimum absolute atomic E-state index is 0.285. The van der Waals surface area contributed by atoms with Gasteiger partial charge in [0, 0.05) is 25.0 Å². The number of nitrogens with zero attached hydrogens (tertiary/aromatic N) is 1. The van der Waals surface area contributed by atoms with Crippen LogP contribution < -0.4 is 15.5 Å². The smallest absolute Gasteiger partial charge is 0.338 e. The van der Waals surface area contributed by atoms with Crippen LogP contribution >= 0.6 is 0 Å². The fraction of sp³-hybridized carbons (Fsp3) is 0.360. The number of amides is 2. The molecule has 3 rings (SSSR count). The van der Waals surface area contributed by atoms with Crippen LogP contribution in [0.1, 0.15) is 50.3 Å². The molecule has 0 fully saturated rings. The van der Waals surface area contributed by atoms with Crippen molar-refractivity contribution in [2.75, 3.05) is 18.6 Å². The predicted octanol–water partition coefficient (Wildman–Crippen LogP) is 4.68. The highest BCUT2D eigenvalue weighted by atomic mass is 16.5. The summed E-state index contributed by atoms with van der Waals surface area (Å²) < 4.78 is 5.31. The molecule has 1 atom stereocenters. The Labute approximate surface area is 184 Å². The third kappa shape index (κ3) is 5.66. The lowest BCUT2D eigenvalue weighted by Gasteiger charge is -2.30. The van der Waals surface area contributed by atoms with E-state index in [-0.39, 0.29) is 12.6 Å². The van der Waals surface area contributed by atoms with E-state index in [2.05, 4.69) is 34.6 Å². The number of ether oxygens (including phenoxy) is 1. The fourth-order valence-electron chi connectivity index (χ4n) is 3.74. The molecule has 2 aromatic carbocycles. The summed E-state index contributed by atoms with van der Waals surface area (Å²) in [4.78, 5) is 27.2. The van der Waals surface area contributed by atoms with Crippen LogP contribution in [0.3, 0.4) is 0 Å². The Kier molecular flexibility index (Phi) is 7.70.